The Morgan fingerprint density at radius 3 is 2.45 bits per heavy atom. The summed E-state index contributed by atoms with van der Waals surface area (Å²) in [6.07, 6.45) is 3.52. The molecule has 3 nitrogen and oxygen atoms in total. The van der Waals surface area contributed by atoms with E-state index in [1.165, 1.54) is 6.07 Å². The molecule has 0 amide bonds. The fourth-order valence-corrected chi connectivity index (χ4v) is 3.02. The smallest absolute Gasteiger partial charge is 0.305 e. The molecule has 0 unspecified atom stereocenters. The molecular weight excluding hydrogens is 306 g/mol. The molecule has 1 aromatic heterocycles. The number of hydrogen-bond acceptors (Lipinski definition) is 3. The molecule has 6 heteroatoms. The summed E-state index contributed by atoms with van der Waals surface area (Å²) in [5.41, 5.74) is 0.969. The molecule has 116 valence electrons. The number of hydrogen-bond donors (Lipinski definition) is 1. The molecule has 1 aromatic carbocycles. The molecule has 0 aliphatic rings. The number of H-pyrrole nitrogens is 1. The second-order valence-corrected chi connectivity index (χ2v) is 5.78. The maximum Gasteiger partial charge on any atom is 0.305 e. The number of rotatable bonds is 7. The van der Waals surface area contributed by atoms with E-state index in [1.54, 1.807) is 12.2 Å². The number of nitrogens with one attached hydrogen (secondary N) is 1. The van der Waals surface area contributed by atoms with Gasteiger partial charge < -0.3 is 4.98 Å². The SMILES string of the molecule is C=CCN(CC=C)Cc1sc(=O)[nH]c1-c1ccc(F)c(F)c1. The van der Waals surface area contributed by atoms with Gasteiger partial charge in [-0.05, 0) is 18.2 Å². The molecule has 22 heavy (non-hydrogen) atoms. The fraction of sp³-hybridized carbons (Fsp3) is 0.188. The van der Waals surface area contributed by atoms with Gasteiger partial charge in [-0.2, -0.15) is 0 Å². The van der Waals surface area contributed by atoms with E-state index in [1.807, 2.05) is 4.90 Å². The third-order valence-electron chi connectivity index (χ3n) is 3.07. The molecular formula is C16H16F2N2OS. The Hall–Kier alpha value is -2.05. The molecule has 0 aliphatic heterocycles. The van der Waals surface area contributed by atoms with Gasteiger partial charge in [0, 0.05) is 30.1 Å². The van der Waals surface area contributed by atoms with Crippen molar-refractivity contribution in [1.82, 2.24) is 9.88 Å². The lowest BCUT2D eigenvalue weighted by Crippen LogP contribution is -2.23. The maximum absolute atomic E-state index is 13.4. The first-order chi connectivity index (χ1) is 10.5. The zero-order chi connectivity index (χ0) is 16.1. The summed E-state index contributed by atoms with van der Waals surface area (Å²) in [7, 11) is 0. The van der Waals surface area contributed by atoms with Gasteiger partial charge in [-0.1, -0.05) is 23.5 Å². The summed E-state index contributed by atoms with van der Waals surface area (Å²) in [6.45, 7) is 9.16. The second kappa shape index (κ2) is 7.29. The zero-order valence-corrected chi connectivity index (χ0v) is 12.8. The lowest BCUT2D eigenvalue weighted by atomic mass is 10.1. The van der Waals surface area contributed by atoms with Crippen LogP contribution in [0.15, 0.2) is 48.3 Å². The van der Waals surface area contributed by atoms with Crippen LogP contribution in [0.2, 0.25) is 0 Å². The first kappa shape index (κ1) is 16.3. The van der Waals surface area contributed by atoms with Crippen molar-refractivity contribution in [2.75, 3.05) is 13.1 Å². The quantitative estimate of drug-likeness (QED) is 0.791. The van der Waals surface area contributed by atoms with Crippen LogP contribution in [0.25, 0.3) is 11.3 Å². The van der Waals surface area contributed by atoms with Gasteiger partial charge in [0.1, 0.15) is 0 Å². The Kier molecular flexibility index (Phi) is 5.41. The highest BCUT2D eigenvalue weighted by molar-refractivity contribution is 7.09. The number of benzene rings is 1. The van der Waals surface area contributed by atoms with Crippen molar-refractivity contribution < 1.29 is 8.78 Å². The Bertz CT molecular complexity index is 726. The summed E-state index contributed by atoms with van der Waals surface area (Å²) in [5.74, 6) is -1.85. The molecule has 0 saturated heterocycles. The standard InChI is InChI=1S/C16H16F2N2OS/c1-3-7-20(8-4-2)10-14-15(19-16(21)22-14)11-5-6-12(17)13(18)9-11/h3-6,9H,1-2,7-8,10H2,(H,19,21). The molecule has 0 fully saturated rings. The van der Waals surface area contributed by atoms with Gasteiger partial charge in [0.25, 0.3) is 0 Å². The molecule has 0 atom stereocenters. The lowest BCUT2D eigenvalue weighted by Gasteiger charge is -2.18. The van der Waals surface area contributed by atoms with Crippen molar-refractivity contribution in [3.05, 3.63) is 69.7 Å². The summed E-state index contributed by atoms with van der Waals surface area (Å²) in [4.78, 5) is 16.9. The van der Waals surface area contributed by atoms with Gasteiger partial charge in [-0.15, -0.1) is 13.2 Å². The predicted octanol–water partition coefficient (Wildman–Crippen LogP) is 3.56. The number of aromatic amines is 1. The molecule has 0 spiro atoms. The van der Waals surface area contributed by atoms with E-state index in [-0.39, 0.29) is 4.87 Å². The minimum Gasteiger partial charge on any atom is -0.312 e. The van der Waals surface area contributed by atoms with Crippen LogP contribution in [0, 0.1) is 11.6 Å². The largest absolute Gasteiger partial charge is 0.312 e. The van der Waals surface area contributed by atoms with Crippen molar-refractivity contribution in [2.45, 2.75) is 6.54 Å². The van der Waals surface area contributed by atoms with Crippen LogP contribution in [0.1, 0.15) is 4.88 Å². The highest BCUT2D eigenvalue weighted by Gasteiger charge is 2.15. The summed E-state index contributed by atoms with van der Waals surface area (Å²) >= 11 is 1.06. The molecule has 2 aromatic rings. The van der Waals surface area contributed by atoms with Crippen molar-refractivity contribution in [1.29, 1.82) is 0 Å². The second-order valence-electron chi connectivity index (χ2n) is 4.71. The summed E-state index contributed by atoms with van der Waals surface area (Å²) < 4.78 is 26.5. The highest BCUT2D eigenvalue weighted by Crippen LogP contribution is 2.26. The molecule has 0 aliphatic carbocycles. The van der Waals surface area contributed by atoms with E-state index in [0.29, 0.717) is 30.9 Å². The van der Waals surface area contributed by atoms with Crippen molar-refractivity contribution in [3.63, 3.8) is 0 Å². The molecule has 0 bridgehead atoms. The Labute approximate surface area is 131 Å². The predicted molar refractivity (Wildman–Crippen MR) is 86.0 cm³/mol. The van der Waals surface area contributed by atoms with Gasteiger partial charge in [0.15, 0.2) is 11.6 Å². The van der Waals surface area contributed by atoms with E-state index in [0.717, 1.165) is 28.3 Å². The Morgan fingerprint density at radius 1 is 1.18 bits per heavy atom. The maximum atomic E-state index is 13.4. The van der Waals surface area contributed by atoms with Crippen LogP contribution in [0.5, 0.6) is 0 Å². The molecule has 1 N–H and O–H groups in total. The van der Waals surface area contributed by atoms with Crippen LogP contribution in [0.4, 0.5) is 8.78 Å². The first-order valence-electron chi connectivity index (χ1n) is 6.66. The first-order valence-corrected chi connectivity index (χ1v) is 7.48. The molecule has 2 rings (SSSR count). The van der Waals surface area contributed by atoms with E-state index in [9.17, 15) is 13.6 Å². The average Bonchev–Trinajstić information content (AvgIpc) is 2.83. The van der Waals surface area contributed by atoms with E-state index >= 15 is 0 Å². The Morgan fingerprint density at radius 2 is 1.86 bits per heavy atom. The van der Waals surface area contributed by atoms with Crippen LogP contribution < -0.4 is 4.87 Å². The third kappa shape index (κ3) is 3.78. The van der Waals surface area contributed by atoms with Gasteiger partial charge in [0.2, 0.25) is 0 Å². The van der Waals surface area contributed by atoms with E-state index in [4.69, 9.17) is 0 Å². The van der Waals surface area contributed by atoms with Crippen molar-refractivity contribution in [3.8, 4) is 11.3 Å². The van der Waals surface area contributed by atoms with Gasteiger partial charge in [-0.3, -0.25) is 9.69 Å². The minimum atomic E-state index is -0.940. The number of thiazole rings is 1. The van der Waals surface area contributed by atoms with Crippen LogP contribution in [-0.4, -0.2) is 23.0 Å². The number of halogens is 2. The number of aromatic nitrogens is 1. The van der Waals surface area contributed by atoms with Crippen LogP contribution in [0.3, 0.4) is 0 Å². The highest BCUT2D eigenvalue weighted by atomic mass is 32.1. The summed E-state index contributed by atoms with van der Waals surface area (Å²) in [5, 5.41) is 0. The van der Waals surface area contributed by atoms with Crippen LogP contribution >= 0.6 is 11.3 Å². The van der Waals surface area contributed by atoms with E-state index in [2.05, 4.69) is 18.1 Å². The minimum absolute atomic E-state index is 0.230. The van der Waals surface area contributed by atoms with Crippen molar-refractivity contribution >= 4 is 11.3 Å². The monoisotopic (exact) mass is 322 g/mol. The van der Waals surface area contributed by atoms with Gasteiger partial charge in [0.05, 0.1) is 5.69 Å². The van der Waals surface area contributed by atoms with E-state index < -0.39 is 11.6 Å². The normalized spacial score (nSPS) is 10.9. The molecule has 1 heterocycles. The Balaban J connectivity index is 2.37. The lowest BCUT2D eigenvalue weighted by molar-refractivity contribution is 0.331. The molecule has 0 radical (unpaired) electrons. The number of nitrogens with zero attached hydrogens (tertiary/aromatic N) is 1. The van der Waals surface area contributed by atoms with Gasteiger partial charge >= 0.3 is 4.87 Å². The average molecular weight is 322 g/mol. The fourth-order valence-electron chi connectivity index (χ4n) is 2.13. The third-order valence-corrected chi connectivity index (χ3v) is 3.94. The van der Waals surface area contributed by atoms with Crippen molar-refractivity contribution in [2.24, 2.45) is 0 Å². The van der Waals surface area contributed by atoms with Crippen LogP contribution in [-0.2, 0) is 6.54 Å². The topological polar surface area (TPSA) is 36.1 Å². The summed E-state index contributed by atoms with van der Waals surface area (Å²) in [6, 6.07) is 3.59. The zero-order valence-electron chi connectivity index (χ0n) is 11.9. The molecule has 0 saturated carbocycles. The van der Waals surface area contributed by atoms with Gasteiger partial charge in [-0.25, -0.2) is 8.78 Å².